The summed E-state index contributed by atoms with van der Waals surface area (Å²) >= 11 is 2.51. The van der Waals surface area contributed by atoms with E-state index in [2.05, 4.69) is 39.8 Å². The van der Waals surface area contributed by atoms with E-state index in [-0.39, 0.29) is 0 Å². The highest BCUT2D eigenvalue weighted by molar-refractivity contribution is 14.1. The lowest BCUT2D eigenvalue weighted by Crippen LogP contribution is -2.34. The van der Waals surface area contributed by atoms with Crippen molar-refractivity contribution in [3.05, 3.63) is 0 Å². The molecule has 0 radical (unpaired) electrons. The maximum atomic E-state index is 2.55. The van der Waals surface area contributed by atoms with Gasteiger partial charge < -0.3 is 0 Å². The van der Waals surface area contributed by atoms with Gasteiger partial charge in [0.15, 0.2) is 0 Å². The first-order valence-corrected chi connectivity index (χ1v) is 5.59. The van der Waals surface area contributed by atoms with E-state index in [1.54, 1.807) is 0 Å². The molecule has 2 rings (SSSR count). The molecule has 1 saturated heterocycles. The first-order valence-electron chi connectivity index (χ1n) is 4.62. The van der Waals surface area contributed by atoms with E-state index in [0.717, 1.165) is 23.8 Å². The third kappa shape index (κ3) is 1.22. The Hall–Kier alpha value is 0.690. The molecule has 0 aromatic carbocycles. The van der Waals surface area contributed by atoms with E-state index in [4.69, 9.17) is 0 Å². The van der Waals surface area contributed by atoms with Crippen LogP contribution in [0.2, 0.25) is 0 Å². The molecule has 0 spiro atoms. The van der Waals surface area contributed by atoms with Crippen molar-refractivity contribution in [1.29, 1.82) is 0 Å². The minimum absolute atomic E-state index is 0.849. The van der Waals surface area contributed by atoms with Crippen LogP contribution >= 0.6 is 22.9 Å². The lowest BCUT2D eigenvalue weighted by molar-refractivity contribution is 0.177. The van der Waals surface area contributed by atoms with Crippen molar-refractivity contribution in [1.82, 2.24) is 3.11 Å². The number of hydrogen-bond acceptors (Lipinski definition) is 1. The summed E-state index contributed by atoms with van der Waals surface area (Å²) in [7, 11) is 0. The highest BCUT2D eigenvalue weighted by Crippen LogP contribution is 2.48. The van der Waals surface area contributed by atoms with Gasteiger partial charge in [-0.3, -0.25) is 0 Å². The maximum absolute atomic E-state index is 2.55. The van der Waals surface area contributed by atoms with E-state index >= 15 is 0 Å². The Bertz CT molecular complexity index is 158. The van der Waals surface area contributed by atoms with Crippen LogP contribution in [0.15, 0.2) is 0 Å². The molecule has 64 valence electrons. The van der Waals surface area contributed by atoms with Crippen molar-refractivity contribution in [3.63, 3.8) is 0 Å². The third-order valence-electron chi connectivity index (χ3n) is 3.33. The van der Waals surface area contributed by atoms with E-state index in [0.29, 0.717) is 0 Å². The molecule has 0 aromatic rings. The average molecular weight is 265 g/mol. The van der Waals surface area contributed by atoms with Crippen molar-refractivity contribution < 1.29 is 0 Å². The van der Waals surface area contributed by atoms with Gasteiger partial charge >= 0.3 is 0 Å². The van der Waals surface area contributed by atoms with Gasteiger partial charge in [-0.1, -0.05) is 13.8 Å². The van der Waals surface area contributed by atoms with Gasteiger partial charge in [-0.05, 0) is 30.6 Å². The normalized spacial score (nSPS) is 44.2. The number of rotatable bonds is 1. The standard InChI is InChI=1S/C9H16IN/c1-6(2)9-8-4-3-7(8)5-11(9)10/h6-9H,3-5H2,1-2H3/t7-,8-,9?/m1/s1. The van der Waals surface area contributed by atoms with Crippen LogP contribution in [-0.4, -0.2) is 15.7 Å². The highest BCUT2D eigenvalue weighted by Gasteiger charge is 2.46. The van der Waals surface area contributed by atoms with Gasteiger partial charge in [0.05, 0.1) is 0 Å². The molecule has 2 fully saturated rings. The van der Waals surface area contributed by atoms with Gasteiger partial charge in [0.1, 0.15) is 0 Å². The molecule has 1 heterocycles. The number of nitrogens with zero attached hydrogens (tertiary/aromatic N) is 1. The molecule has 1 unspecified atom stereocenters. The van der Waals surface area contributed by atoms with E-state index in [9.17, 15) is 0 Å². The van der Waals surface area contributed by atoms with Crippen LogP contribution in [0.25, 0.3) is 0 Å². The molecule has 11 heavy (non-hydrogen) atoms. The van der Waals surface area contributed by atoms with Crippen LogP contribution in [-0.2, 0) is 0 Å². The van der Waals surface area contributed by atoms with Crippen LogP contribution in [0, 0.1) is 17.8 Å². The Balaban J connectivity index is 2.07. The molecule has 0 amide bonds. The summed E-state index contributed by atoms with van der Waals surface area (Å²) in [6, 6.07) is 0.884. The Kier molecular flexibility index (Phi) is 2.17. The monoisotopic (exact) mass is 265 g/mol. The smallest absolute Gasteiger partial charge is 0.0248 e. The molecule has 1 aliphatic carbocycles. The molecular formula is C9H16IN. The summed E-state index contributed by atoms with van der Waals surface area (Å²) in [6.07, 6.45) is 2.99. The largest absolute Gasteiger partial charge is 0.244 e. The summed E-state index contributed by atoms with van der Waals surface area (Å²) in [6.45, 7) is 6.07. The van der Waals surface area contributed by atoms with Gasteiger partial charge in [-0.2, -0.15) is 0 Å². The lowest BCUT2D eigenvalue weighted by Gasteiger charge is -2.35. The summed E-state index contributed by atoms with van der Waals surface area (Å²) in [5.74, 6) is 2.95. The lowest BCUT2D eigenvalue weighted by atomic mass is 9.71. The third-order valence-corrected chi connectivity index (χ3v) is 4.37. The SMILES string of the molecule is CC(C)C1[C@@H]2CC[C@@H]2CN1I. The molecule has 0 N–H and O–H groups in total. The maximum Gasteiger partial charge on any atom is 0.0248 e. The minimum atomic E-state index is 0.849. The van der Waals surface area contributed by atoms with Crippen LogP contribution in [0.1, 0.15) is 26.7 Å². The van der Waals surface area contributed by atoms with E-state index < -0.39 is 0 Å². The molecule has 0 bridgehead atoms. The quantitative estimate of drug-likeness (QED) is 0.520. The van der Waals surface area contributed by atoms with Crippen LogP contribution in [0.5, 0.6) is 0 Å². The highest BCUT2D eigenvalue weighted by atomic mass is 127. The van der Waals surface area contributed by atoms with Crippen LogP contribution in [0.3, 0.4) is 0 Å². The fraction of sp³-hybridized carbons (Fsp3) is 1.00. The summed E-state index contributed by atoms with van der Waals surface area (Å²) in [4.78, 5) is 0. The predicted octanol–water partition coefficient (Wildman–Crippen LogP) is 2.70. The van der Waals surface area contributed by atoms with Gasteiger partial charge in [0, 0.05) is 35.5 Å². The molecule has 1 saturated carbocycles. The number of hydrogen-bond donors (Lipinski definition) is 0. The fourth-order valence-electron chi connectivity index (χ4n) is 2.64. The summed E-state index contributed by atoms with van der Waals surface area (Å²) < 4.78 is 2.55. The predicted molar refractivity (Wildman–Crippen MR) is 55.6 cm³/mol. The zero-order valence-corrected chi connectivity index (χ0v) is 9.41. The van der Waals surface area contributed by atoms with Crippen molar-refractivity contribution in [2.24, 2.45) is 17.8 Å². The van der Waals surface area contributed by atoms with Gasteiger partial charge in [-0.15, -0.1) is 0 Å². The van der Waals surface area contributed by atoms with Crippen molar-refractivity contribution in [3.8, 4) is 0 Å². The fourth-order valence-corrected chi connectivity index (χ4v) is 4.20. The zero-order valence-electron chi connectivity index (χ0n) is 7.26. The molecular weight excluding hydrogens is 249 g/mol. The Labute approximate surface area is 83.0 Å². The average Bonchev–Trinajstić information content (AvgIpc) is 2.10. The van der Waals surface area contributed by atoms with Crippen LogP contribution in [0.4, 0.5) is 0 Å². The first kappa shape index (κ1) is 8.30. The molecule has 1 nitrogen and oxygen atoms in total. The van der Waals surface area contributed by atoms with Crippen molar-refractivity contribution >= 4 is 22.9 Å². The topological polar surface area (TPSA) is 3.24 Å². The van der Waals surface area contributed by atoms with Crippen LogP contribution < -0.4 is 0 Å². The number of fused-ring (bicyclic) bond motifs is 1. The van der Waals surface area contributed by atoms with E-state index in [1.807, 2.05) is 0 Å². The van der Waals surface area contributed by atoms with Crippen molar-refractivity contribution in [2.45, 2.75) is 32.7 Å². The van der Waals surface area contributed by atoms with Gasteiger partial charge in [-0.25, -0.2) is 3.11 Å². The Morgan fingerprint density at radius 3 is 2.36 bits per heavy atom. The molecule has 2 heteroatoms. The number of halogens is 1. The van der Waals surface area contributed by atoms with E-state index in [1.165, 1.54) is 19.4 Å². The Morgan fingerprint density at radius 1 is 1.36 bits per heavy atom. The second kappa shape index (κ2) is 2.87. The molecule has 3 atom stereocenters. The van der Waals surface area contributed by atoms with Gasteiger partial charge in [0.25, 0.3) is 0 Å². The second-order valence-corrected chi connectivity index (χ2v) is 5.56. The molecule has 0 aromatic heterocycles. The summed E-state index contributed by atoms with van der Waals surface area (Å²) in [5.41, 5.74) is 0. The zero-order chi connectivity index (χ0) is 8.01. The summed E-state index contributed by atoms with van der Waals surface area (Å²) in [5, 5.41) is 0. The van der Waals surface area contributed by atoms with Crippen molar-refractivity contribution in [2.75, 3.05) is 6.54 Å². The first-order chi connectivity index (χ1) is 5.20. The second-order valence-electron chi connectivity index (χ2n) is 4.32. The molecule has 1 aliphatic heterocycles. The van der Waals surface area contributed by atoms with Gasteiger partial charge in [0.2, 0.25) is 0 Å². The minimum Gasteiger partial charge on any atom is -0.244 e. The Morgan fingerprint density at radius 2 is 2.09 bits per heavy atom. The molecule has 2 aliphatic rings.